The van der Waals surface area contributed by atoms with Gasteiger partial charge >= 0.3 is 0 Å². The zero-order valence-electron chi connectivity index (χ0n) is 12.1. The molecule has 1 aliphatic rings. The first-order chi connectivity index (χ1) is 9.61. The summed E-state index contributed by atoms with van der Waals surface area (Å²) >= 11 is 0. The van der Waals surface area contributed by atoms with Crippen LogP contribution in [0.15, 0.2) is 24.3 Å². The molecule has 1 aliphatic heterocycles. The molecule has 112 valence electrons. The molecule has 5 heteroatoms. The Morgan fingerprint density at radius 1 is 1.35 bits per heavy atom. The third kappa shape index (κ3) is 4.49. The summed E-state index contributed by atoms with van der Waals surface area (Å²) in [5, 5.41) is 3.46. The van der Waals surface area contributed by atoms with Crippen molar-refractivity contribution >= 4 is 15.7 Å². The van der Waals surface area contributed by atoms with Crippen LogP contribution < -0.4 is 10.0 Å². The van der Waals surface area contributed by atoms with Gasteiger partial charge in [-0.05, 0) is 37.3 Å². The minimum atomic E-state index is -3.12. The van der Waals surface area contributed by atoms with Crippen molar-refractivity contribution in [1.82, 2.24) is 4.72 Å². The van der Waals surface area contributed by atoms with E-state index in [4.69, 9.17) is 0 Å². The van der Waals surface area contributed by atoms with Crippen molar-refractivity contribution in [2.24, 2.45) is 0 Å². The van der Waals surface area contributed by atoms with E-state index in [2.05, 4.69) is 22.2 Å². The van der Waals surface area contributed by atoms with Gasteiger partial charge in [0.2, 0.25) is 10.0 Å². The fourth-order valence-electron chi connectivity index (χ4n) is 2.50. The molecule has 1 aromatic rings. The molecular weight excluding hydrogens is 272 g/mol. The third-order valence-corrected chi connectivity index (χ3v) is 5.12. The lowest BCUT2D eigenvalue weighted by atomic mass is 10.1. The third-order valence-electron chi connectivity index (χ3n) is 3.69. The Labute approximate surface area is 122 Å². The predicted molar refractivity (Wildman–Crippen MR) is 83.5 cm³/mol. The van der Waals surface area contributed by atoms with Crippen LogP contribution in [0.3, 0.4) is 0 Å². The number of hydrogen-bond acceptors (Lipinski definition) is 3. The Balaban J connectivity index is 1.91. The minimum absolute atomic E-state index is 0.176. The van der Waals surface area contributed by atoms with Crippen molar-refractivity contribution in [3.8, 4) is 0 Å². The zero-order valence-corrected chi connectivity index (χ0v) is 12.9. The summed E-state index contributed by atoms with van der Waals surface area (Å²) < 4.78 is 26.4. The second-order valence-corrected chi connectivity index (χ2v) is 7.34. The second kappa shape index (κ2) is 7.09. The summed E-state index contributed by atoms with van der Waals surface area (Å²) in [6.07, 6.45) is 4.75. The lowest BCUT2D eigenvalue weighted by Crippen LogP contribution is -2.37. The van der Waals surface area contributed by atoms with Gasteiger partial charge in [-0.2, -0.15) is 0 Å². The van der Waals surface area contributed by atoms with E-state index in [1.165, 1.54) is 5.56 Å². The minimum Gasteiger partial charge on any atom is -0.381 e. The quantitative estimate of drug-likeness (QED) is 0.848. The van der Waals surface area contributed by atoms with E-state index in [9.17, 15) is 8.42 Å². The van der Waals surface area contributed by atoms with Crippen molar-refractivity contribution in [2.45, 2.75) is 45.1 Å². The number of sulfonamides is 1. The molecule has 2 N–H and O–H groups in total. The van der Waals surface area contributed by atoms with Gasteiger partial charge in [0.1, 0.15) is 0 Å². The van der Waals surface area contributed by atoms with Crippen LogP contribution in [0.2, 0.25) is 0 Å². The smallest absolute Gasteiger partial charge is 0.211 e. The standard InChI is InChI=1S/C15H24N2O2S/c1-2-3-11-20(18,19)16-12-14-9-6-8-13-7-4-5-10-15(13)17-14/h4-5,7,10,14,16-17H,2-3,6,8-9,11-12H2,1H3. The second-order valence-electron chi connectivity index (χ2n) is 5.41. The van der Waals surface area contributed by atoms with Gasteiger partial charge in [-0.3, -0.25) is 0 Å². The van der Waals surface area contributed by atoms with Crippen molar-refractivity contribution in [3.05, 3.63) is 29.8 Å². The topological polar surface area (TPSA) is 58.2 Å². The Hall–Kier alpha value is -1.07. The zero-order chi connectivity index (χ0) is 14.4. The summed E-state index contributed by atoms with van der Waals surface area (Å²) in [7, 11) is -3.12. The molecule has 1 unspecified atom stereocenters. The number of hydrogen-bond donors (Lipinski definition) is 2. The molecule has 0 saturated heterocycles. The van der Waals surface area contributed by atoms with Gasteiger partial charge in [-0.25, -0.2) is 13.1 Å². The Morgan fingerprint density at radius 2 is 2.15 bits per heavy atom. The Morgan fingerprint density at radius 3 is 2.95 bits per heavy atom. The highest BCUT2D eigenvalue weighted by atomic mass is 32.2. The molecule has 20 heavy (non-hydrogen) atoms. The molecule has 0 spiro atoms. The monoisotopic (exact) mass is 296 g/mol. The first-order valence-corrected chi connectivity index (χ1v) is 9.08. The van der Waals surface area contributed by atoms with Gasteiger partial charge in [-0.15, -0.1) is 0 Å². The SMILES string of the molecule is CCCCS(=O)(=O)NCC1CCCc2ccccc2N1. The molecule has 1 heterocycles. The summed E-state index contributed by atoms with van der Waals surface area (Å²) in [5.41, 5.74) is 2.46. The highest BCUT2D eigenvalue weighted by Crippen LogP contribution is 2.23. The number of fused-ring (bicyclic) bond motifs is 1. The molecule has 0 aliphatic carbocycles. The molecule has 1 atom stereocenters. The largest absolute Gasteiger partial charge is 0.381 e. The summed E-state index contributed by atoms with van der Waals surface area (Å²) in [5.74, 6) is 0.229. The number of nitrogens with one attached hydrogen (secondary N) is 2. The number of benzene rings is 1. The van der Waals surface area contributed by atoms with E-state index in [1.54, 1.807) is 0 Å². The van der Waals surface area contributed by atoms with Gasteiger partial charge in [0.05, 0.1) is 5.75 Å². The van der Waals surface area contributed by atoms with E-state index in [1.807, 2.05) is 19.1 Å². The molecule has 0 amide bonds. The van der Waals surface area contributed by atoms with Gasteiger partial charge in [0.15, 0.2) is 0 Å². The van der Waals surface area contributed by atoms with E-state index in [0.29, 0.717) is 6.54 Å². The van der Waals surface area contributed by atoms with Crippen LogP contribution >= 0.6 is 0 Å². The summed E-state index contributed by atoms with van der Waals surface area (Å²) in [4.78, 5) is 0. The average molecular weight is 296 g/mol. The predicted octanol–water partition coefficient (Wildman–Crippen LogP) is 2.52. The number of unbranched alkanes of at least 4 members (excludes halogenated alkanes) is 1. The molecule has 4 nitrogen and oxygen atoms in total. The maximum atomic E-state index is 11.8. The first-order valence-electron chi connectivity index (χ1n) is 7.42. The van der Waals surface area contributed by atoms with Gasteiger partial charge in [0, 0.05) is 18.3 Å². The summed E-state index contributed by atoms with van der Waals surface area (Å²) in [6.45, 7) is 2.47. The highest BCUT2D eigenvalue weighted by molar-refractivity contribution is 7.89. The maximum Gasteiger partial charge on any atom is 0.211 e. The highest BCUT2D eigenvalue weighted by Gasteiger charge is 2.17. The van der Waals surface area contributed by atoms with Crippen LogP contribution in [0.1, 0.15) is 38.2 Å². The summed E-state index contributed by atoms with van der Waals surface area (Å²) in [6, 6.07) is 8.44. The number of anilines is 1. The molecule has 1 aromatic carbocycles. The lowest BCUT2D eigenvalue weighted by Gasteiger charge is -2.18. The Kier molecular flexibility index (Phi) is 5.43. The van der Waals surface area contributed by atoms with Crippen LogP contribution in [-0.2, 0) is 16.4 Å². The molecule has 0 bridgehead atoms. The molecule has 0 radical (unpaired) electrons. The van der Waals surface area contributed by atoms with Crippen LogP contribution in [-0.4, -0.2) is 26.8 Å². The van der Waals surface area contributed by atoms with Gasteiger partial charge in [-0.1, -0.05) is 31.5 Å². The van der Waals surface area contributed by atoms with Crippen molar-refractivity contribution in [1.29, 1.82) is 0 Å². The van der Waals surface area contributed by atoms with Crippen LogP contribution in [0.25, 0.3) is 0 Å². The Bertz CT molecular complexity index is 528. The van der Waals surface area contributed by atoms with Crippen LogP contribution in [0.4, 0.5) is 5.69 Å². The molecule has 0 saturated carbocycles. The lowest BCUT2D eigenvalue weighted by molar-refractivity contribution is 0.561. The first kappa shape index (κ1) is 15.3. The molecule has 0 aromatic heterocycles. The molecule has 0 fully saturated rings. The van der Waals surface area contributed by atoms with Crippen LogP contribution in [0, 0.1) is 0 Å². The van der Waals surface area contributed by atoms with Gasteiger partial charge in [0.25, 0.3) is 0 Å². The molecule has 2 rings (SSSR count). The average Bonchev–Trinajstić information content (AvgIpc) is 2.65. The van der Waals surface area contributed by atoms with E-state index < -0.39 is 10.0 Å². The van der Waals surface area contributed by atoms with Crippen LogP contribution in [0.5, 0.6) is 0 Å². The fraction of sp³-hybridized carbons (Fsp3) is 0.600. The van der Waals surface area contributed by atoms with Gasteiger partial charge < -0.3 is 5.32 Å². The fourth-order valence-corrected chi connectivity index (χ4v) is 3.77. The van der Waals surface area contributed by atoms with Crippen molar-refractivity contribution in [3.63, 3.8) is 0 Å². The van der Waals surface area contributed by atoms with E-state index >= 15 is 0 Å². The van der Waals surface area contributed by atoms with Crippen molar-refractivity contribution in [2.75, 3.05) is 17.6 Å². The van der Waals surface area contributed by atoms with Crippen molar-refractivity contribution < 1.29 is 8.42 Å². The maximum absolute atomic E-state index is 11.8. The van der Waals surface area contributed by atoms with E-state index in [0.717, 1.165) is 37.8 Å². The normalized spacial score (nSPS) is 18.9. The number of aryl methyl sites for hydroxylation is 1. The molecular formula is C15H24N2O2S. The number of rotatable bonds is 6. The number of para-hydroxylation sites is 1. The van der Waals surface area contributed by atoms with E-state index in [-0.39, 0.29) is 11.8 Å².